The van der Waals surface area contributed by atoms with Crippen molar-refractivity contribution in [3.05, 3.63) is 45.7 Å². The van der Waals surface area contributed by atoms with Gasteiger partial charge in [0.2, 0.25) is 0 Å². The summed E-state index contributed by atoms with van der Waals surface area (Å²) in [5.41, 5.74) is 0.604. The molecule has 1 aromatic heterocycles. The summed E-state index contributed by atoms with van der Waals surface area (Å²) in [4.78, 5) is 23.5. The van der Waals surface area contributed by atoms with Gasteiger partial charge in [-0.15, -0.1) is 0 Å². The van der Waals surface area contributed by atoms with Gasteiger partial charge in [-0.25, -0.2) is 9.48 Å². The molecule has 0 N–H and O–H groups in total. The van der Waals surface area contributed by atoms with E-state index < -0.39 is 5.97 Å². The van der Waals surface area contributed by atoms with Crippen LogP contribution in [0, 0.1) is 0 Å². The second-order valence-corrected chi connectivity index (χ2v) is 5.05. The maximum absolute atomic E-state index is 11.9. The second-order valence-electron chi connectivity index (χ2n) is 4.21. The van der Waals surface area contributed by atoms with Crippen LogP contribution >= 0.6 is 23.2 Å². The topological polar surface area (TPSA) is 61.2 Å². The van der Waals surface area contributed by atoms with Crippen LogP contribution in [-0.4, -0.2) is 28.1 Å². The summed E-state index contributed by atoms with van der Waals surface area (Å²) >= 11 is 12.0. The monoisotopic (exact) mass is 326 g/mol. The number of carbonyl (C=O) groups excluding carboxylic acids is 2. The minimum atomic E-state index is -0.653. The Morgan fingerprint density at radius 1 is 1.33 bits per heavy atom. The Morgan fingerprint density at radius 3 is 2.67 bits per heavy atom. The van der Waals surface area contributed by atoms with Gasteiger partial charge in [0.15, 0.2) is 11.5 Å². The van der Waals surface area contributed by atoms with Gasteiger partial charge < -0.3 is 4.74 Å². The highest BCUT2D eigenvalue weighted by Crippen LogP contribution is 2.25. The number of halogens is 2. The lowest BCUT2D eigenvalue weighted by molar-refractivity contribution is 0.0516. The fraction of sp³-hybridized carbons (Fsp3) is 0.214. The smallest absolute Gasteiger partial charge is 0.359 e. The largest absolute Gasteiger partial charge is 0.461 e. The summed E-state index contributed by atoms with van der Waals surface area (Å²) < 4.78 is 6.24. The molecular formula is C14H12Cl2N2O3. The fourth-order valence-corrected chi connectivity index (χ4v) is 2.14. The Bertz CT molecular complexity index is 710. The van der Waals surface area contributed by atoms with E-state index in [1.54, 1.807) is 25.1 Å². The van der Waals surface area contributed by atoms with Crippen molar-refractivity contribution in [1.82, 2.24) is 9.78 Å². The van der Waals surface area contributed by atoms with E-state index in [4.69, 9.17) is 27.9 Å². The third kappa shape index (κ3) is 3.25. The summed E-state index contributed by atoms with van der Waals surface area (Å²) in [7, 11) is 0. The molecule has 0 aliphatic heterocycles. The molecule has 0 radical (unpaired) electrons. The normalized spacial score (nSPS) is 10.5. The quantitative estimate of drug-likeness (QED) is 0.636. The molecule has 1 aromatic carbocycles. The predicted molar refractivity (Wildman–Crippen MR) is 79.5 cm³/mol. The van der Waals surface area contributed by atoms with E-state index in [0.717, 1.165) is 0 Å². The van der Waals surface area contributed by atoms with Gasteiger partial charge in [-0.2, -0.15) is 5.10 Å². The number of rotatable bonds is 4. The number of ether oxygens (including phenoxy) is 1. The number of ketones is 1. The van der Waals surface area contributed by atoms with Gasteiger partial charge in [-0.1, -0.05) is 23.2 Å². The van der Waals surface area contributed by atoms with Crippen LogP contribution in [0.25, 0.3) is 5.69 Å². The SMILES string of the molecule is CCOC(=O)c1nn(-c2cc(Cl)ccc2Cl)cc1C(C)=O. The number of hydrogen-bond donors (Lipinski definition) is 0. The van der Waals surface area contributed by atoms with Crippen molar-refractivity contribution < 1.29 is 14.3 Å². The van der Waals surface area contributed by atoms with Gasteiger partial charge in [0.1, 0.15) is 0 Å². The van der Waals surface area contributed by atoms with Crippen molar-refractivity contribution >= 4 is 35.0 Å². The first-order chi connectivity index (χ1) is 9.93. The van der Waals surface area contributed by atoms with Gasteiger partial charge in [-0.3, -0.25) is 4.79 Å². The Kier molecular flexibility index (Phi) is 4.65. The maximum atomic E-state index is 11.9. The van der Waals surface area contributed by atoms with E-state index >= 15 is 0 Å². The molecule has 0 fully saturated rings. The molecule has 2 rings (SSSR count). The van der Waals surface area contributed by atoms with Crippen LogP contribution in [0.2, 0.25) is 10.0 Å². The van der Waals surface area contributed by atoms with Crippen LogP contribution in [0.4, 0.5) is 0 Å². The number of carbonyl (C=O) groups is 2. The number of nitrogens with zero attached hydrogens (tertiary/aromatic N) is 2. The van der Waals surface area contributed by atoms with Crippen molar-refractivity contribution in [2.45, 2.75) is 13.8 Å². The van der Waals surface area contributed by atoms with Crippen molar-refractivity contribution in [2.24, 2.45) is 0 Å². The molecule has 0 unspecified atom stereocenters. The van der Waals surface area contributed by atoms with Crippen molar-refractivity contribution in [3.8, 4) is 5.69 Å². The lowest BCUT2D eigenvalue weighted by atomic mass is 10.2. The second kappa shape index (κ2) is 6.28. The molecule has 0 saturated carbocycles. The first-order valence-corrected chi connectivity index (χ1v) is 6.92. The minimum Gasteiger partial charge on any atom is -0.461 e. The first-order valence-electron chi connectivity index (χ1n) is 6.17. The molecule has 21 heavy (non-hydrogen) atoms. The van der Waals surface area contributed by atoms with E-state index in [1.807, 2.05) is 0 Å². The third-order valence-electron chi connectivity index (χ3n) is 2.72. The molecule has 5 nitrogen and oxygen atoms in total. The number of hydrogen-bond acceptors (Lipinski definition) is 4. The zero-order valence-electron chi connectivity index (χ0n) is 11.4. The summed E-state index contributed by atoms with van der Waals surface area (Å²) in [6.07, 6.45) is 1.44. The van der Waals surface area contributed by atoms with Gasteiger partial charge in [-0.05, 0) is 32.0 Å². The number of Topliss-reactive ketones (excluding diaryl/α,β-unsaturated/α-hetero) is 1. The predicted octanol–water partition coefficient (Wildman–Crippen LogP) is 3.56. The Morgan fingerprint density at radius 2 is 2.05 bits per heavy atom. The molecule has 0 bridgehead atoms. The summed E-state index contributed by atoms with van der Waals surface area (Å²) in [5.74, 6) is -0.943. The van der Waals surface area contributed by atoms with Crippen LogP contribution in [0.3, 0.4) is 0 Å². The van der Waals surface area contributed by atoms with E-state index in [-0.39, 0.29) is 23.6 Å². The molecule has 0 atom stereocenters. The van der Waals surface area contributed by atoms with Crippen LogP contribution in [0.15, 0.2) is 24.4 Å². The maximum Gasteiger partial charge on any atom is 0.359 e. The number of benzene rings is 1. The summed E-state index contributed by atoms with van der Waals surface area (Å²) in [6, 6.07) is 4.84. The average Bonchev–Trinajstić information content (AvgIpc) is 2.87. The fourth-order valence-electron chi connectivity index (χ4n) is 1.77. The van der Waals surface area contributed by atoms with Crippen molar-refractivity contribution in [3.63, 3.8) is 0 Å². The van der Waals surface area contributed by atoms with Crippen molar-refractivity contribution in [1.29, 1.82) is 0 Å². The highest BCUT2D eigenvalue weighted by Gasteiger charge is 2.22. The molecule has 0 aliphatic carbocycles. The van der Waals surface area contributed by atoms with Crippen LogP contribution < -0.4 is 0 Å². The number of esters is 1. The van der Waals surface area contributed by atoms with Gasteiger partial charge in [0.05, 0.1) is 22.9 Å². The first kappa shape index (κ1) is 15.5. The van der Waals surface area contributed by atoms with Crippen LogP contribution in [-0.2, 0) is 4.74 Å². The van der Waals surface area contributed by atoms with Crippen molar-refractivity contribution in [2.75, 3.05) is 6.61 Å². The molecule has 7 heteroatoms. The molecule has 0 aliphatic rings. The Balaban J connectivity index is 2.56. The molecule has 2 aromatic rings. The van der Waals surface area contributed by atoms with E-state index in [1.165, 1.54) is 17.8 Å². The van der Waals surface area contributed by atoms with Gasteiger partial charge >= 0.3 is 5.97 Å². The highest BCUT2D eigenvalue weighted by atomic mass is 35.5. The molecule has 0 amide bonds. The molecule has 0 saturated heterocycles. The summed E-state index contributed by atoms with van der Waals surface area (Å²) in [6.45, 7) is 3.22. The van der Waals surface area contributed by atoms with E-state index in [2.05, 4.69) is 5.10 Å². The lowest BCUT2D eigenvalue weighted by Gasteiger charge is -2.04. The van der Waals surface area contributed by atoms with E-state index in [9.17, 15) is 9.59 Å². The number of aromatic nitrogens is 2. The van der Waals surface area contributed by atoms with Gasteiger partial charge in [0.25, 0.3) is 0 Å². The minimum absolute atomic E-state index is 0.0413. The Labute approximate surface area is 131 Å². The third-order valence-corrected chi connectivity index (χ3v) is 3.27. The highest BCUT2D eigenvalue weighted by molar-refractivity contribution is 6.34. The average molecular weight is 327 g/mol. The zero-order chi connectivity index (χ0) is 15.6. The molecule has 0 spiro atoms. The summed E-state index contributed by atoms with van der Waals surface area (Å²) in [5, 5.41) is 4.96. The molecule has 1 heterocycles. The van der Waals surface area contributed by atoms with Crippen LogP contribution in [0.1, 0.15) is 34.7 Å². The zero-order valence-corrected chi connectivity index (χ0v) is 12.9. The standard InChI is InChI=1S/C14H12Cl2N2O3/c1-3-21-14(20)13-10(8(2)19)7-18(17-13)12-6-9(15)4-5-11(12)16/h4-7H,3H2,1-2H3. The van der Waals surface area contributed by atoms with Crippen LogP contribution in [0.5, 0.6) is 0 Å². The molecular weight excluding hydrogens is 315 g/mol. The van der Waals surface area contributed by atoms with Gasteiger partial charge in [0, 0.05) is 11.2 Å². The lowest BCUT2D eigenvalue weighted by Crippen LogP contribution is -2.10. The molecule has 110 valence electrons. The Hall–Kier alpha value is -1.85. The van der Waals surface area contributed by atoms with E-state index in [0.29, 0.717) is 15.7 Å².